The lowest BCUT2D eigenvalue weighted by Crippen LogP contribution is -1.87. The molecule has 0 aliphatic heterocycles. The molecule has 3 nitrogen and oxygen atoms in total. The normalized spacial score (nSPS) is 11.3. The molecule has 0 aliphatic carbocycles. The molecule has 0 atom stereocenters. The second-order valence-corrected chi connectivity index (χ2v) is 4.23. The van der Waals surface area contributed by atoms with Crippen molar-refractivity contribution in [3.63, 3.8) is 0 Å². The van der Waals surface area contributed by atoms with E-state index in [9.17, 15) is 0 Å². The number of nitrogens with zero attached hydrogens (tertiary/aromatic N) is 3. The van der Waals surface area contributed by atoms with E-state index < -0.39 is 0 Å². The Kier molecular flexibility index (Phi) is 1.83. The predicted molar refractivity (Wildman–Crippen MR) is 72.3 cm³/mol. The summed E-state index contributed by atoms with van der Waals surface area (Å²) in [4.78, 5) is 13.2. The van der Waals surface area contributed by atoms with Crippen LogP contribution in [0.3, 0.4) is 0 Å². The molecule has 2 aromatic heterocycles. The van der Waals surface area contributed by atoms with Gasteiger partial charge in [-0.3, -0.25) is 15.0 Å². The summed E-state index contributed by atoms with van der Waals surface area (Å²) in [7, 11) is 0. The van der Waals surface area contributed by atoms with Crippen LogP contribution in [0.4, 0.5) is 0 Å². The van der Waals surface area contributed by atoms with E-state index in [0.717, 1.165) is 27.3 Å². The third kappa shape index (κ3) is 1.21. The van der Waals surface area contributed by atoms with Gasteiger partial charge < -0.3 is 0 Å². The van der Waals surface area contributed by atoms with E-state index in [1.165, 1.54) is 5.39 Å². The second kappa shape index (κ2) is 3.47. The van der Waals surface area contributed by atoms with Gasteiger partial charge in [-0.05, 0) is 17.5 Å². The van der Waals surface area contributed by atoms with Gasteiger partial charge >= 0.3 is 0 Å². The first-order valence-corrected chi connectivity index (χ1v) is 5.81. The van der Waals surface area contributed by atoms with Crippen LogP contribution in [0.1, 0.15) is 0 Å². The topological polar surface area (TPSA) is 38.7 Å². The van der Waals surface area contributed by atoms with E-state index in [-0.39, 0.29) is 0 Å². The van der Waals surface area contributed by atoms with Crippen molar-refractivity contribution < 1.29 is 0 Å². The lowest BCUT2D eigenvalue weighted by molar-refractivity contribution is 1.30. The first kappa shape index (κ1) is 9.48. The van der Waals surface area contributed by atoms with Crippen molar-refractivity contribution in [1.82, 2.24) is 15.0 Å². The van der Waals surface area contributed by atoms with Crippen LogP contribution in [-0.2, 0) is 0 Å². The van der Waals surface area contributed by atoms with Gasteiger partial charge in [-0.15, -0.1) is 0 Å². The molecule has 4 rings (SSSR count). The minimum Gasteiger partial charge on any atom is -0.256 e. The average molecular weight is 231 g/mol. The lowest BCUT2D eigenvalue weighted by Gasteiger charge is -2.05. The maximum atomic E-state index is 4.49. The molecular weight excluding hydrogens is 222 g/mol. The SMILES string of the molecule is c1ccc2c(c1)ncc1c2ccc2nccnc21. The van der Waals surface area contributed by atoms with Gasteiger partial charge in [0.05, 0.1) is 16.6 Å². The molecule has 0 amide bonds. The average Bonchev–Trinajstić information content (AvgIpc) is 2.46. The van der Waals surface area contributed by atoms with Crippen LogP contribution < -0.4 is 0 Å². The molecule has 0 spiro atoms. The molecule has 2 heterocycles. The maximum Gasteiger partial charge on any atom is 0.0980 e. The number of para-hydroxylation sites is 1. The van der Waals surface area contributed by atoms with Crippen LogP contribution in [0.15, 0.2) is 55.0 Å². The standard InChI is InChI=1S/C15H9N3/c1-2-4-13-11(3-1)10-5-6-14-15(12(10)9-18-13)17-8-7-16-14/h1-9H. The summed E-state index contributed by atoms with van der Waals surface area (Å²) >= 11 is 0. The summed E-state index contributed by atoms with van der Waals surface area (Å²) in [5.41, 5.74) is 2.82. The van der Waals surface area contributed by atoms with E-state index in [0.29, 0.717) is 0 Å². The van der Waals surface area contributed by atoms with E-state index in [1.807, 2.05) is 30.5 Å². The molecule has 0 saturated heterocycles. The van der Waals surface area contributed by atoms with Crippen LogP contribution in [0, 0.1) is 0 Å². The van der Waals surface area contributed by atoms with Crippen molar-refractivity contribution in [2.45, 2.75) is 0 Å². The predicted octanol–water partition coefficient (Wildman–Crippen LogP) is 3.33. The van der Waals surface area contributed by atoms with Crippen molar-refractivity contribution in [2.24, 2.45) is 0 Å². The Morgan fingerprint density at radius 3 is 2.50 bits per heavy atom. The van der Waals surface area contributed by atoms with Crippen LogP contribution in [-0.4, -0.2) is 15.0 Å². The summed E-state index contributed by atoms with van der Waals surface area (Å²) in [6.07, 6.45) is 5.31. The first-order valence-electron chi connectivity index (χ1n) is 5.81. The smallest absolute Gasteiger partial charge is 0.0980 e. The minimum absolute atomic E-state index is 0.905. The van der Waals surface area contributed by atoms with Crippen LogP contribution in [0.25, 0.3) is 32.7 Å². The fourth-order valence-corrected chi connectivity index (χ4v) is 2.37. The van der Waals surface area contributed by atoms with Crippen molar-refractivity contribution >= 4 is 32.7 Å². The summed E-state index contributed by atoms with van der Waals surface area (Å²) in [5, 5.41) is 3.38. The number of hydrogen-bond donors (Lipinski definition) is 0. The number of pyridine rings is 1. The number of benzene rings is 2. The number of hydrogen-bond acceptors (Lipinski definition) is 3. The van der Waals surface area contributed by atoms with Crippen molar-refractivity contribution in [3.05, 3.63) is 55.0 Å². The minimum atomic E-state index is 0.905. The lowest BCUT2D eigenvalue weighted by atomic mass is 10.1. The van der Waals surface area contributed by atoms with Crippen molar-refractivity contribution in [3.8, 4) is 0 Å². The van der Waals surface area contributed by atoms with Gasteiger partial charge in [0.1, 0.15) is 0 Å². The third-order valence-electron chi connectivity index (χ3n) is 3.21. The van der Waals surface area contributed by atoms with E-state index in [2.05, 4.69) is 27.1 Å². The molecule has 0 fully saturated rings. The molecule has 2 aromatic carbocycles. The Bertz CT molecular complexity index is 809. The first-order chi connectivity index (χ1) is 8.93. The van der Waals surface area contributed by atoms with Gasteiger partial charge in [0, 0.05) is 29.4 Å². The molecule has 18 heavy (non-hydrogen) atoms. The monoisotopic (exact) mass is 231 g/mol. The molecule has 0 bridgehead atoms. The highest BCUT2D eigenvalue weighted by molar-refractivity contribution is 6.13. The summed E-state index contributed by atoms with van der Waals surface area (Å²) in [6.45, 7) is 0. The van der Waals surface area contributed by atoms with Crippen LogP contribution in [0.2, 0.25) is 0 Å². The quantitative estimate of drug-likeness (QED) is 0.436. The number of aromatic nitrogens is 3. The van der Waals surface area contributed by atoms with Crippen molar-refractivity contribution in [2.75, 3.05) is 0 Å². The summed E-state index contributed by atoms with van der Waals surface area (Å²) < 4.78 is 0. The summed E-state index contributed by atoms with van der Waals surface area (Å²) in [6, 6.07) is 12.3. The molecule has 3 heteroatoms. The maximum absolute atomic E-state index is 4.49. The Morgan fingerprint density at radius 2 is 1.50 bits per heavy atom. The van der Waals surface area contributed by atoms with Crippen molar-refractivity contribution in [1.29, 1.82) is 0 Å². The fourth-order valence-electron chi connectivity index (χ4n) is 2.37. The number of fused-ring (bicyclic) bond motifs is 5. The van der Waals surface area contributed by atoms with Gasteiger partial charge in [-0.1, -0.05) is 24.3 Å². The highest BCUT2D eigenvalue weighted by Crippen LogP contribution is 2.27. The largest absolute Gasteiger partial charge is 0.256 e. The molecule has 0 aliphatic rings. The number of rotatable bonds is 0. The Morgan fingerprint density at radius 1 is 0.611 bits per heavy atom. The van der Waals surface area contributed by atoms with Gasteiger partial charge in [0.2, 0.25) is 0 Å². The zero-order valence-corrected chi connectivity index (χ0v) is 9.54. The highest BCUT2D eigenvalue weighted by Gasteiger charge is 2.05. The molecule has 0 N–H and O–H groups in total. The summed E-state index contributed by atoms with van der Waals surface area (Å²) in [5.74, 6) is 0. The molecular formula is C15H9N3. The molecule has 4 aromatic rings. The molecule has 0 unspecified atom stereocenters. The molecule has 0 saturated carbocycles. The van der Waals surface area contributed by atoms with Gasteiger partial charge in [-0.25, -0.2) is 0 Å². The van der Waals surface area contributed by atoms with Gasteiger partial charge in [0.25, 0.3) is 0 Å². The van der Waals surface area contributed by atoms with Crippen LogP contribution in [0.5, 0.6) is 0 Å². The van der Waals surface area contributed by atoms with Crippen LogP contribution >= 0.6 is 0 Å². The fraction of sp³-hybridized carbons (Fsp3) is 0. The Hall–Kier alpha value is -2.55. The zero-order chi connectivity index (χ0) is 11.9. The van der Waals surface area contributed by atoms with E-state index >= 15 is 0 Å². The zero-order valence-electron chi connectivity index (χ0n) is 9.54. The second-order valence-electron chi connectivity index (χ2n) is 4.23. The highest BCUT2D eigenvalue weighted by atomic mass is 14.8. The Balaban J connectivity index is 2.31. The Labute approximate surface area is 103 Å². The van der Waals surface area contributed by atoms with E-state index in [1.54, 1.807) is 12.4 Å². The van der Waals surface area contributed by atoms with Gasteiger partial charge in [0.15, 0.2) is 0 Å². The third-order valence-corrected chi connectivity index (χ3v) is 3.21. The molecule has 0 radical (unpaired) electrons. The molecule has 84 valence electrons. The van der Waals surface area contributed by atoms with E-state index in [4.69, 9.17) is 0 Å². The van der Waals surface area contributed by atoms with Gasteiger partial charge in [-0.2, -0.15) is 0 Å².